The average Bonchev–Trinajstić information content (AvgIpc) is 3.42. The maximum Gasteiger partial charge on any atom is 0.168 e. The highest BCUT2D eigenvalue weighted by molar-refractivity contribution is 4.92. The third-order valence-corrected chi connectivity index (χ3v) is 9.31. The van der Waals surface area contributed by atoms with E-state index in [1.54, 1.807) is 0 Å². The molecule has 1 heterocycles. The van der Waals surface area contributed by atoms with E-state index in [0.717, 1.165) is 32.4 Å². The van der Waals surface area contributed by atoms with Crippen LogP contribution in [0.1, 0.15) is 194 Å². The Morgan fingerprint density at radius 3 is 1.36 bits per heavy atom. The predicted molar refractivity (Wildman–Crippen MR) is 200 cm³/mol. The van der Waals surface area contributed by atoms with Crippen LogP contribution in [0, 0.1) is 0 Å². The van der Waals surface area contributed by atoms with Gasteiger partial charge in [-0.05, 0) is 84.7 Å². The third kappa shape index (κ3) is 26.8. The predicted octanol–water partition coefficient (Wildman–Crippen LogP) is 13.3. The first kappa shape index (κ1) is 42.1. The van der Waals surface area contributed by atoms with E-state index in [0.29, 0.717) is 0 Å². The van der Waals surface area contributed by atoms with E-state index >= 15 is 0 Å². The summed E-state index contributed by atoms with van der Waals surface area (Å²) in [6, 6.07) is 0. The fourth-order valence-corrected chi connectivity index (χ4v) is 6.53. The molecule has 0 aliphatic carbocycles. The van der Waals surface area contributed by atoms with Crippen molar-refractivity contribution < 1.29 is 9.47 Å². The van der Waals surface area contributed by atoms with Crippen LogP contribution in [0.25, 0.3) is 0 Å². The van der Waals surface area contributed by atoms with Crippen LogP contribution in [0.4, 0.5) is 0 Å². The van der Waals surface area contributed by atoms with Crippen molar-refractivity contribution in [1.29, 1.82) is 0 Å². The van der Waals surface area contributed by atoms with Crippen molar-refractivity contribution in [3.8, 4) is 0 Å². The van der Waals surface area contributed by atoms with Gasteiger partial charge in [0.15, 0.2) is 5.79 Å². The Labute approximate surface area is 283 Å². The molecule has 0 N–H and O–H groups in total. The minimum absolute atomic E-state index is 0.221. The molecule has 0 spiro atoms. The van der Waals surface area contributed by atoms with Gasteiger partial charge >= 0.3 is 0 Å². The molecule has 2 atom stereocenters. The summed E-state index contributed by atoms with van der Waals surface area (Å²) in [6.07, 6.45) is 51.1. The summed E-state index contributed by atoms with van der Waals surface area (Å²) in [5.74, 6) is -0.323. The zero-order chi connectivity index (χ0) is 32.5. The van der Waals surface area contributed by atoms with Gasteiger partial charge in [0.05, 0.1) is 12.7 Å². The van der Waals surface area contributed by atoms with Crippen LogP contribution in [0.2, 0.25) is 0 Å². The molecule has 45 heavy (non-hydrogen) atoms. The van der Waals surface area contributed by atoms with Crippen LogP contribution < -0.4 is 0 Å². The van der Waals surface area contributed by atoms with Gasteiger partial charge in [-0.3, -0.25) is 0 Å². The van der Waals surface area contributed by atoms with Gasteiger partial charge in [-0.25, -0.2) is 0 Å². The van der Waals surface area contributed by atoms with Crippen LogP contribution in [0.3, 0.4) is 0 Å². The molecule has 1 aliphatic heterocycles. The number of nitrogens with zero attached hydrogens (tertiary/aromatic N) is 1. The summed E-state index contributed by atoms with van der Waals surface area (Å²) >= 11 is 0. The Bertz CT molecular complexity index is 699. The SMILES string of the molecule is CCCCC/C=C\C/C=C\CCCCCCCCC1(CCCCCCCC/C=C\CCCCCCCC)OCC(CN(C)C)O1. The summed E-state index contributed by atoms with van der Waals surface area (Å²) in [4.78, 5) is 2.23. The highest BCUT2D eigenvalue weighted by Crippen LogP contribution is 2.35. The Morgan fingerprint density at radius 1 is 0.511 bits per heavy atom. The first-order valence-corrected chi connectivity index (χ1v) is 20.0. The molecular weight excluding hydrogens is 550 g/mol. The van der Waals surface area contributed by atoms with Gasteiger partial charge in [-0.15, -0.1) is 0 Å². The highest BCUT2D eigenvalue weighted by atomic mass is 16.7. The Balaban J connectivity index is 2.11. The van der Waals surface area contributed by atoms with Crippen molar-refractivity contribution in [3.63, 3.8) is 0 Å². The molecule has 0 bridgehead atoms. The van der Waals surface area contributed by atoms with Crippen LogP contribution in [-0.4, -0.2) is 44.0 Å². The van der Waals surface area contributed by atoms with Crippen molar-refractivity contribution in [3.05, 3.63) is 36.5 Å². The van der Waals surface area contributed by atoms with E-state index in [-0.39, 0.29) is 11.9 Å². The quantitative estimate of drug-likeness (QED) is 0.0532. The minimum Gasteiger partial charge on any atom is -0.347 e. The fourth-order valence-electron chi connectivity index (χ4n) is 6.53. The van der Waals surface area contributed by atoms with Crippen LogP contribution in [0.5, 0.6) is 0 Å². The second-order valence-corrected chi connectivity index (χ2v) is 14.2. The van der Waals surface area contributed by atoms with Gasteiger partial charge in [0, 0.05) is 19.4 Å². The Kier molecular flexibility index (Phi) is 29.7. The van der Waals surface area contributed by atoms with Crippen LogP contribution >= 0.6 is 0 Å². The summed E-state index contributed by atoms with van der Waals surface area (Å²) in [5.41, 5.74) is 0. The normalized spacial score (nSPS) is 19.0. The van der Waals surface area contributed by atoms with Gasteiger partial charge < -0.3 is 14.4 Å². The smallest absolute Gasteiger partial charge is 0.168 e. The number of rotatable bonds is 33. The summed E-state index contributed by atoms with van der Waals surface area (Å²) in [7, 11) is 4.27. The monoisotopic (exact) mass is 630 g/mol. The van der Waals surface area contributed by atoms with Gasteiger partial charge in [-0.2, -0.15) is 0 Å². The molecule has 1 aliphatic rings. The minimum atomic E-state index is -0.323. The van der Waals surface area contributed by atoms with Crippen LogP contribution in [-0.2, 0) is 9.47 Å². The standard InChI is InChI=1S/C42H79NO2/c1-5-7-9-11-13-15-17-19-21-23-25-27-29-31-33-35-37-42(44-40-41(45-42)39-43(3)4)38-36-34-32-30-28-26-24-22-20-18-16-14-12-10-8-6-2/h13,15,19-22,41H,5-12,14,16-18,23-40H2,1-4H3/b15-13-,21-19-,22-20-. The zero-order valence-electron chi connectivity index (χ0n) is 31.0. The summed E-state index contributed by atoms with van der Waals surface area (Å²) < 4.78 is 13.1. The van der Waals surface area contributed by atoms with E-state index in [4.69, 9.17) is 9.47 Å². The number of unbranched alkanes of at least 4 members (excludes halogenated alkanes) is 21. The Morgan fingerprint density at radius 2 is 0.889 bits per heavy atom. The van der Waals surface area contributed by atoms with Crippen LogP contribution in [0.15, 0.2) is 36.5 Å². The van der Waals surface area contributed by atoms with Crippen molar-refractivity contribution in [2.75, 3.05) is 27.2 Å². The molecule has 0 aromatic heterocycles. The maximum absolute atomic E-state index is 6.62. The van der Waals surface area contributed by atoms with Crippen molar-refractivity contribution in [2.45, 2.75) is 206 Å². The molecule has 2 unspecified atom stereocenters. The maximum atomic E-state index is 6.62. The number of ether oxygens (including phenoxy) is 2. The van der Waals surface area contributed by atoms with Crippen molar-refractivity contribution in [2.24, 2.45) is 0 Å². The zero-order valence-corrected chi connectivity index (χ0v) is 31.0. The van der Waals surface area contributed by atoms with Gasteiger partial charge in [0.2, 0.25) is 0 Å². The summed E-state index contributed by atoms with van der Waals surface area (Å²) in [5, 5.41) is 0. The lowest BCUT2D eigenvalue weighted by molar-refractivity contribution is -0.180. The topological polar surface area (TPSA) is 21.7 Å². The van der Waals surface area contributed by atoms with Gasteiger partial charge in [-0.1, -0.05) is 147 Å². The molecule has 0 aromatic carbocycles. The molecule has 3 nitrogen and oxygen atoms in total. The van der Waals surface area contributed by atoms with E-state index in [9.17, 15) is 0 Å². The van der Waals surface area contributed by atoms with E-state index in [2.05, 4.69) is 69.3 Å². The molecule has 264 valence electrons. The number of likely N-dealkylation sites (N-methyl/N-ethyl adjacent to an activating group) is 1. The molecule has 3 heteroatoms. The van der Waals surface area contributed by atoms with Crippen molar-refractivity contribution in [1.82, 2.24) is 4.90 Å². The number of hydrogen-bond acceptors (Lipinski definition) is 3. The first-order valence-electron chi connectivity index (χ1n) is 20.0. The lowest BCUT2D eigenvalue weighted by Crippen LogP contribution is -2.33. The highest BCUT2D eigenvalue weighted by Gasteiger charge is 2.40. The van der Waals surface area contributed by atoms with E-state index < -0.39 is 0 Å². The van der Waals surface area contributed by atoms with E-state index in [1.807, 2.05) is 0 Å². The average molecular weight is 630 g/mol. The third-order valence-electron chi connectivity index (χ3n) is 9.31. The second kappa shape index (κ2) is 31.7. The van der Waals surface area contributed by atoms with E-state index in [1.165, 1.54) is 161 Å². The molecule has 1 saturated heterocycles. The lowest BCUT2D eigenvalue weighted by Gasteiger charge is -2.29. The van der Waals surface area contributed by atoms with Crippen molar-refractivity contribution >= 4 is 0 Å². The molecule has 0 radical (unpaired) electrons. The molecule has 1 fully saturated rings. The number of allylic oxidation sites excluding steroid dienone is 6. The fraction of sp³-hybridized carbons (Fsp3) is 0.857. The molecule has 0 aromatic rings. The van der Waals surface area contributed by atoms with Gasteiger partial charge in [0.25, 0.3) is 0 Å². The lowest BCUT2D eigenvalue weighted by atomic mass is 9.98. The Hall–Kier alpha value is -0.900. The summed E-state index contributed by atoms with van der Waals surface area (Å²) in [6.45, 7) is 6.28. The number of hydrogen-bond donors (Lipinski definition) is 0. The van der Waals surface area contributed by atoms with Gasteiger partial charge in [0.1, 0.15) is 0 Å². The largest absolute Gasteiger partial charge is 0.347 e. The molecule has 1 rings (SSSR count). The second-order valence-electron chi connectivity index (χ2n) is 14.2. The first-order chi connectivity index (χ1) is 22.1. The molecule has 0 amide bonds. The molecular formula is C42H79NO2. The molecule has 0 saturated carbocycles.